The van der Waals surface area contributed by atoms with E-state index in [1.807, 2.05) is 0 Å². The Labute approximate surface area is 152 Å². The quantitative estimate of drug-likeness (QED) is 0.236. The second kappa shape index (κ2) is 11.3. The Morgan fingerprint density at radius 1 is 1.23 bits per heavy atom. The number of carbonyl (C=O) groups is 1. The van der Waals surface area contributed by atoms with Gasteiger partial charge in [0.05, 0.1) is 33.0 Å². The number of aliphatic hydroxyl groups is 2. The Morgan fingerprint density at radius 3 is 2.42 bits per heavy atom. The van der Waals surface area contributed by atoms with Crippen LogP contribution < -0.4 is 5.32 Å². The molecule has 1 amide bonds. The van der Waals surface area contributed by atoms with E-state index in [-0.39, 0.29) is 26.4 Å². The van der Waals surface area contributed by atoms with Gasteiger partial charge in [-0.3, -0.25) is 9.36 Å². The van der Waals surface area contributed by atoms with Crippen LogP contribution in [0.5, 0.6) is 0 Å². The van der Waals surface area contributed by atoms with Gasteiger partial charge in [-0.25, -0.2) is 0 Å². The van der Waals surface area contributed by atoms with E-state index in [2.05, 4.69) is 5.32 Å². The Bertz CT molecular complexity index is 473. The molecule has 4 N–H and O–H groups in total. The Kier molecular flexibility index (Phi) is 10.2. The summed E-state index contributed by atoms with van der Waals surface area (Å²) in [6.07, 6.45) is -4.23. The molecule has 154 valence electrons. The molecule has 1 rings (SSSR count). The lowest BCUT2D eigenvalue weighted by atomic mass is 9.96. The van der Waals surface area contributed by atoms with E-state index in [1.54, 1.807) is 0 Å². The summed E-state index contributed by atoms with van der Waals surface area (Å²) in [5.41, 5.74) is 0. The van der Waals surface area contributed by atoms with Crippen molar-refractivity contribution in [1.82, 2.24) is 5.32 Å². The highest BCUT2D eigenvalue weighted by atomic mass is 31.2. The first kappa shape index (κ1) is 23.4. The second-order valence-electron chi connectivity index (χ2n) is 5.78. The lowest BCUT2D eigenvalue weighted by Gasteiger charge is -2.44. The molecule has 1 saturated heterocycles. The third-order valence-corrected chi connectivity index (χ3v) is 4.18. The second-order valence-corrected chi connectivity index (χ2v) is 7.64. The van der Waals surface area contributed by atoms with Crippen molar-refractivity contribution in [3.05, 3.63) is 0 Å². The van der Waals surface area contributed by atoms with Crippen LogP contribution in [0.2, 0.25) is 0 Å². The molecule has 1 aliphatic heterocycles. The van der Waals surface area contributed by atoms with Gasteiger partial charge >= 0.3 is 7.60 Å². The highest BCUT2D eigenvalue weighted by molar-refractivity contribution is 7.51. The van der Waals surface area contributed by atoms with Crippen LogP contribution in [0.25, 0.3) is 0 Å². The molecule has 0 aromatic carbocycles. The molecule has 6 unspecified atom stereocenters. The molecule has 0 aromatic heterocycles. The number of rotatable bonds is 11. The molecular weight excluding hydrogens is 373 g/mol. The lowest BCUT2D eigenvalue weighted by molar-refractivity contribution is -0.278. The van der Waals surface area contributed by atoms with Crippen LogP contribution in [0.1, 0.15) is 6.92 Å². The van der Waals surface area contributed by atoms with Crippen molar-refractivity contribution >= 4 is 13.5 Å². The van der Waals surface area contributed by atoms with Crippen molar-refractivity contribution in [2.24, 2.45) is 0 Å². The van der Waals surface area contributed by atoms with Gasteiger partial charge in [-0.15, -0.1) is 0 Å². The lowest BCUT2D eigenvalue weighted by Crippen LogP contribution is -2.65. The van der Waals surface area contributed by atoms with Crippen LogP contribution in [0.4, 0.5) is 0 Å². The van der Waals surface area contributed by atoms with Gasteiger partial charge in [0.2, 0.25) is 5.91 Å². The number of ether oxygens (including phenoxy) is 4. The topological polar surface area (TPSA) is 153 Å². The van der Waals surface area contributed by atoms with Crippen LogP contribution in [-0.2, 0) is 32.8 Å². The van der Waals surface area contributed by atoms with Crippen molar-refractivity contribution in [2.45, 2.75) is 37.6 Å². The largest absolute Gasteiger partial charge is 0.394 e. The average Bonchev–Trinajstić information content (AvgIpc) is 2.54. The van der Waals surface area contributed by atoms with Crippen molar-refractivity contribution in [1.29, 1.82) is 0 Å². The summed E-state index contributed by atoms with van der Waals surface area (Å²) in [6.45, 7) is 1.95. The minimum atomic E-state index is -3.65. The van der Waals surface area contributed by atoms with Crippen LogP contribution in [0.3, 0.4) is 0 Å². The van der Waals surface area contributed by atoms with E-state index in [4.69, 9.17) is 28.4 Å². The number of nitrogens with one attached hydrogen (secondary N) is 1. The van der Waals surface area contributed by atoms with E-state index in [1.165, 1.54) is 14.0 Å². The SMILES string of the molecule is COCCOC1OC(CO)C(O)C(OCCOP(C)(=O)O)C1NC(C)=O. The van der Waals surface area contributed by atoms with E-state index in [0.717, 1.165) is 6.66 Å². The summed E-state index contributed by atoms with van der Waals surface area (Å²) in [5.74, 6) is -0.396. The zero-order valence-electron chi connectivity index (χ0n) is 15.1. The van der Waals surface area contributed by atoms with Gasteiger partial charge in [-0.1, -0.05) is 0 Å². The van der Waals surface area contributed by atoms with E-state index in [9.17, 15) is 19.6 Å². The molecule has 6 atom stereocenters. The van der Waals surface area contributed by atoms with Crippen LogP contribution in [0.15, 0.2) is 0 Å². The van der Waals surface area contributed by atoms with Crippen LogP contribution in [-0.4, -0.2) is 98.5 Å². The summed E-state index contributed by atoms with van der Waals surface area (Å²) >= 11 is 0. The maximum Gasteiger partial charge on any atom is 0.325 e. The Hall–Kier alpha value is -0.620. The first-order valence-corrected chi connectivity index (χ1v) is 10.1. The molecule has 1 heterocycles. The maximum atomic E-state index is 11.5. The molecule has 0 bridgehead atoms. The van der Waals surface area contributed by atoms with Gasteiger partial charge in [0.15, 0.2) is 6.29 Å². The van der Waals surface area contributed by atoms with E-state index in [0.29, 0.717) is 0 Å². The standard InChI is InChI=1S/C14H28NO10P/c1-9(17)15-11-13(22-6-7-24-26(3,19)20)12(18)10(8-16)25-14(11)23-5-4-21-2/h10-14,16,18H,4-8H2,1-3H3,(H,15,17)(H,19,20). The number of hydrogen-bond donors (Lipinski definition) is 4. The Morgan fingerprint density at radius 2 is 1.88 bits per heavy atom. The predicted molar refractivity (Wildman–Crippen MR) is 88.6 cm³/mol. The van der Waals surface area contributed by atoms with Crippen molar-refractivity contribution in [2.75, 3.05) is 46.8 Å². The number of aliphatic hydroxyl groups excluding tert-OH is 2. The third-order valence-electron chi connectivity index (χ3n) is 3.52. The average molecular weight is 401 g/mol. The molecule has 0 aliphatic carbocycles. The first-order valence-electron chi connectivity index (χ1n) is 8.08. The summed E-state index contributed by atoms with van der Waals surface area (Å²) in [4.78, 5) is 20.6. The van der Waals surface area contributed by atoms with E-state index < -0.39 is 50.8 Å². The summed E-state index contributed by atoms with van der Waals surface area (Å²) in [5, 5.41) is 22.4. The zero-order valence-corrected chi connectivity index (χ0v) is 16.0. The fourth-order valence-electron chi connectivity index (χ4n) is 2.44. The van der Waals surface area contributed by atoms with Crippen LogP contribution >= 0.6 is 7.60 Å². The monoisotopic (exact) mass is 401 g/mol. The van der Waals surface area contributed by atoms with Gasteiger partial charge in [-0.05, 0) is 0 Å². The number of methoxy groups -OCH3 is 1. The van der Waals surface area contributed by atoms with Crippen molar-refractivity contribution in [3.63, 3.8) is 0 Å². The fourth-order valence-corrected chi connectivity index (χ4v) is 2.85. The van der Waals surface area contributed by atoms with E-state index >= 15 is 0 Å². The summed E-state index contributed by atoms with van der Waals surface area (Å²) < 4.78 is 37.3. The molecule has 0 aromatic rings. The highest BCUT2D eigenvalue weighted by Gasteiger charge is 2.46. The van der Waals surface area contributed by atoms with Gasteiger partial charge < -0.3 is 43.9 Å². The maximum absolute atomic E-state index is 11.5. The molecule has 1 fully saturated rings. The molecule has 12 heteroatoms. The number of hydrogen-bond acceptors (Lipinski definition) is 9. The molecule has 11 nitrogen and oxygen atoms in total. The number of carbonyl (C=O) groups excluding carboxylic acids is 1. The van der Waals surface area contributed by atoms with Crippen molar-refractivity contribution in [3.8, 4) is 0 Å². The Balaban J connectivity index is 2.81. The van der Waals surface area contributed by atoms with Crippen molar-refractivity contribution < 1.29 is 47.9 Å². The van der Waals surface area contributed by atoms with Gasteiger partial charge in [0.25, 0.3) is 0 Å². The smallest absolute Gasteiger partial charge is 0.325 e. The third kappa shape index (κ3) is 7.95. The summed E-state index contributed by atoms with van der Waals surface area (Å²) in [6, 6.07) is -0.871. The predicted octanol–water partition coefficient (Wildman–Crippen LogP) is -1.55. The molecule has 0 spiro atoms. The van der Waals surface area contributed by atoms with Gasteiger partial charge in [-0.2, -0.15) is 0 Å². The molecule has 1 aliphatic rings. The zero-order chi connectivity index (χ0) is 19.7. The van der Waals surface area contributed by atoms with Crippen LogP contribution in [0, 0.1) is 0 Å². The minimum Gasteiger partial charge on any atom is -0.394 e. The molecular formula is C14H28NO10P. The molecule has 0 saturated carbocycles. The fraction of sp³-hybridized carbons (Fsp3) is 0.929. The highest BCUT2D eigenvalue weighted by Crippen LogP contribution is 2.36. The molecule has 26 heavy (non-hydrogen) atoms. The first-order chi connectivity index (χ1) is 12.2. The van der Waals surface area contributed by atoms with Gasteiger partial charge in [0, 0.05) is 20.7 Å². The van der Waals surface area contributed by atoms with Gasteiger partial charge in [0.1, 0.15) is 24.4 Å². The molecule has 0 radical (unpaired) electrons. The minimum absolute atomic E-state index is 0.126. The summed E-state index contributed by atoms with van der Waals surface area (Å²) in [7, 11) is -2.16. The number of amides is 1. The normalized spacial score (nSPS) is 31.4.